The van der Waals surface area contributed by atoms with Gasteiger partial charge in [0.25, 0.3) is 0 Å². The molecule has 0 unspecified atom stereocenters. The Morgan fingerprint density at radius 2 is 1.86 bits per heavy atom. The molecular formula is C22H31N3O4. The number of hydrogen-bond donors (Lipinski definition) is 0. The maximum absolute atomic E-state index is 12.7. The van der Waals surface area contributed by atoms with Crippen molar-refractivity contribution in [2.45, 2.75) is 32.6 Å². The van der Waals surface area contributed by atoms with Crippen molar-refractivity contribution in [2.75, 3.05) is 47.4 Å². The average Bonchev–Trinajstić information content (AvgIpc) is 3.07. The minimum Gasteiger partial charge on any atom is -0.493 e. The van der Waals surface area contributed by atoms with Crippen molar-refractivity contribution in [1.82, 2.24) is 15.0 Å². The molecule has 1 aromatic heterocycles. The molecular weight excluding hydrogens is 370 g/mol. The monoisotopic (exact) mass is 401 g/mol. The fourth-order valence-electron chi connectivity index (χ4n) is 3.73. The summed E-state index contributed by atoms with van der Waals surface area (Å²) in [5.41, 5.74) is 3.12. The number of aromatic nitrogens is 1. The van der Waals surface area contributed by atoms with Crippen molar-refractivity contribution < 1.29 is 18.8 Å². The van der Waals surface area contributed by atoms with Crippen LogP contribution >= 0.6 is 0 Å². The third kappa shape index (κ3) is 5.50. The number of ether oxygens (including phenoxy) is 2. The number of rotatable bonds is 9. The molecule has 29 heavy (non-hydrogen) atoms. The fraction of sp³-hybridized carbons (Fsp3) is 0.545. The molecule has 0 spiro atoms. The standard InChI is InChI=1S/C22H31N3O4/c1-16-12-19(29-23-16)7-10-24(2)8-5-9-25-11-6-17-13-20(27-3)21(28-4)14-18(17)15-22(25)26/h12-14H,5-11,15H2,1-4H3. The summed E-state index contributed by atoms with van der Waals surface area (Å²) in [5.74, 6) is 2.49. The molecule has 0 saturated heterocycles. The predicted molar refractivity (Wildman–Crippen MR) is 111 cm³/mol. The summed E-state index contributed by atoms with van der Waals surface area (Å²) in [7, 11) is 5.36. The highest BCUT2D eigenvalue weighted by molar-refractivity contribution is 5.80. The van der Waals surface area contributed by atoms with E-state index in [-0.39, 0.29) is 5.91 Å². The van der Waals surface area contributed by atoms with Crippen molar-refractivity contribution in [3.63, 3.8) is 0 Å². The van der Waals surface area contributed by atoms with Crippen LogP contribution in [-0.4, -0.2) is 68.3 Å². The normalized spacial score (nSPS) is 14.1. The number of carbonyl (C=O) groups excluding carboxylic acids is 1. The largest absolute Gasteiger partial charge is 0.493 e. The molecule has 0 radical (unpaired) electrons. The van der Waals surface area contributed by atoms with Crippen LogP contribution in [0, 0.1) is 6.92 Å². The molecule has 7 nitrogen and oxygen atoms in total. The van der Waals surface area contributed by atoms with Gasteiger partial charge in [0.1, 0.15) is 5.76 Å². The molecule has 2 heterocycles. The lowest BCUT2D eigenvalue weighted by atomic mass is 10.0. The summed E-state index contributed by atoms with van der Waals surface area (Å²) in [5, 5.41) is 3.92. The first-order valence-electron chi connectivity index (χ1n) is 10.1. The van der Waals surface area contributed by atoms with Crippen molar-refractivity contribution in [3.05, 3.63) is 40.8 Å². The molecule has 1 aliphatic rings. The summed E-state index contributed by atoms with van der Waals surface area (Å²) < 4.78 is 16.0. The van der Waals surface area contributed by atoms with Crippen LogP contribution in [0.15, 0.2) is 22.7 Å². The minimum absolute atomic E-state index is 0.177. The number of amides is 1. The molecule has 7 heteroatoms. The van der Waals surface area contributed by atoms with Gasteiger partial charge >= 0.3 is 0 Å². The van der Waals surface area contributed by atoms with Gasteiger partial charge in [-0.3, -0.25) is 4.79 Å². The first-order chi connectivity index (χ1) is 14.0. The number of likely N-dealkylation sites (N-methyl/N-ethyl adjacent to an activating group) is 1. The van der Waals surface area contributed by atoms with Crippen LogP contribution in [0.25, 0.3) is 0 Å². The lowest BCUT2D eigenvalue weighted by Gasteiger charge is -2.22. The van der Waals surface area contributed by atoms with Crippen molar-refractivity contribution in [1.29, 1.82) is 0 Å². The highest BCUT2D eigenvalue weighted by Crippen LogP contribution is 2.32. The van der Waals surface area contributed by atoms with Gasteiger partial charge in [0.05, 0.1) is 26.3 Å². The second-order valence-electron chi connectivity index (χ2n) is 7.62. The minimum atomic E-state index is 0.177. The Labute approximate surface area is 172 Å². The lowest BCUT2D eigenvalue weighted by Crippen LogP contribution is -2.35. The third-order valence-electron chi connectivity index (χ3n) is 5.44. The third-order valence-corrected chi connectivity index (χ3v) is 5.44. The summed E-state index contributed by atoms with van der Waals surface area (Å²) in [6, 6.07) is 5.92. The van der Waals surface area contributed by atoms with Gasteiger partial charge in [0, 0.05) is 32.1 Å². The SMILES string of the molecule is COc1cc2c(cc1OC)CC(=O)N(CCCN(C)CCc1cc(C)no1)CC2. The molecule has 3 rings (SSSR count). The van der Waals surface area contributed by atoms with E-state index in [1.807, 2.05) is 30.0 Å². The van der Waals surface area contributed by atoms with Gasteiger partial charge < -0.3 is 23.8 Å². The Morgan fingerprint density at radius 3 is 2.52 bits per heavy atom. The van der Waals surface area contributed by atoms with E-state index in [9.17, 15) is 4.79 Å². The van der Waals surface area contributed by atoms with Crippen LogP contribution in [0.4, 0.5) is 0 Å². The Morgan fingerprint density at radius 1 is 1.14 bits per heavy atom. The molecule has 0 atom stereocenters. The first kappa shape index (κ1) is 21.2. The number of fused-ring (bicyclic) bond motifs is 1. The van der Waals surface area contributed by atoms with Crippen molar-refractivity contribution in [2.24, 2.45) is 0 Å². The maximum atomic E-state index is 12.7. The maximum Gasteiger partial charge on any atom is 0.227 e. The van der Waals surface area contributed by atoms with E-state index >= 15 is 0 Å². The number of methoxy groups -OCH3 is 2. The summed E-state index contributed by atoms with van der Waals surface area (Å²) in [6.45, 7) is 5.29. The van der Waals surface area contributed by atoms with E-state index in [2.05, 4.69) is 17.1 Å². The molecule has 1 amide bonds. The van der Waals surface area contributed by atoms with Gasteiger partial charge in [-0.2, -0.15) is 0 Å². The second kappa shape index (κ2) is 9.78. The number of carbonyl (C=O) groups is 1. The van der Waals surface area contributed by atoms with Crippen molar-refractivity contribution in [3.8, 4) is 11.5 Å². The summed E-state index contributed by atoms with van der Waals surface area (Å²) >= 11 is 0. The van der Waals surface area contributed by atoms with Crippen molar-refractivity contribution >= 4 is 5.91 Å². The van der Waals surface area contributed by atoms with Crippen LogP contribution in [0.3, 0.4) is 0 Å². The Kier molecular flexibility index (Phi) is 7.14. The molecule has 1 aromatic carbocycles. The molecule has 1 aliphatic heterocycles. The van der Waals surface area contributed by atoms with Gasteiger partial charge in [-0.05, 0) is 56.6 Å². The molecule has 2 aromatic rings. The zero-order valence-corrected chi connectivity index (χ0v) is 17.9. The van der Waals surface area contributed by atoms with Crippen LogP contribution in [0.1, 0.15) is 29.0 Å². The van der Waals surface area contributed by atoms with Crippen LogP contribution in [0.5, 0.6) is 11.5 Å². The van der Waals surface area contributed by atoms with E-state index in [0.717, 1.165) is 73.8 Å². The van der Waals surface area contributed by atoms with E-state index in [4.69, 9.17) is 14.0 Å². The molecule has 0 saturated carbocycles. The molecule has 158 valence electrons. The highest BCUT2D eigenvalue weighted by Gasteiger charge is 2.22. The molecule has 0 bridgehead atoms. The Hall–Kier alpha value is -2.54. The topological polar surface area (TPSA) is 68.0 Å². The van der Waals surface area contributed by atoms with E-state index in [1.165, 1.54) is 0 Å². The van der Waals surface area contributed by atoms with Crippen LogP contribution in [-0.2, 0) is 24.1 Å². The van der Waals surface area contributed by atoms with Gasteiger partial charge in [0.2, 0.25) is 5.91 Å². The fourth-order valence-corrected chi connectivity index (χ4v) is 3.73. The van der Waals surface area contributed by atoms with Gasteiger partial charge in [0.15, 0.2) is 11.5 Å². The predicted octanol–water partition coefficient (Wildman–Crippen LogP) is 2.49. The van der Waals surface area contributed by atoms with Gasteiger partial charge in [-0.15, -0.1) is 0 Å². The zero-order chi connectivity index (χ0) is 20.8. The molecule has 0 fully saturated rings. The van der Waals surface area contributed by atoms with E-state index in [0.29, 0.717) is 12.2 Å². The van der Waals surface area contributed by atoms with Gasteiger partial charge in [-0.1, -0.05) is 5.16 Å². The number of nitrogens with zero attached hydrogens (tertiary/aromatic N) is 3. The first-order valence-corrected chi connectivity index (χ1v) is 10.1. The zero-order valence-electron chi connectivity index (χ0n) is 17.9. The summed E-state index contributed by atoms with van der Waals surface area (Å²) in [6.07, 6.45) is 3.04. The average molecular weight is 402 g/mol. The number of hydrogen-bond acceptors (Lipinski definition) is 6. The smallest absolute Gasteiger partial charge is 0.227 e. The van der Waals surface area contributed by atoms with E-state index < -0.39 is 0 Å². The van der Waals surface area contributed by atoms with Gasteiger partial charge in [-0.25, -0.2) is 0 Å². The number of aryl methyl sites for hydroxylation is 1. The highest BCUT2D eigenvalue weighted by atomic mass is 16.5. The Bertz CT molecular complexity index is 833. The quantitative estimate of drug-likeness (QED) is 0.643. The van der Waals surface area contributed by atoms with Crippen LogP contribution in [0.2, 0.25) is 0 Å². The van der Waals surface area contributed by atoms with E-state index in [1.54, 1.807) is 14.2 Å². The molecule has 0 N–H and O–H groups in total. The summed E-state index contributed by atoms with van der Waals surface area (Å²) in [4.78, 5) is 17.0. The van der Waals surface area contributed by atoms with Crippen LogP contribution < -0.4 is 9.47 Å². The Balaban J connectivity index is 1.48. The second-order valence-corrected chi connectivity index (χ2v) is 7.62. The number of benzene rings is 1. The molecule has 0 aliphatic carbocycles. The lowest BCUT2D eigenvalue weighted by molar-refractivity contribution is -0.130.